The molecule has 0 radical (unpaired) electrons. The van der Waals surface area contributed by atoms with Gasteiger partial charge in [-0.3, -0.25) is 9.59 Å². The van der Waals surface area contributed by atoms with Crippen molar-refractivity contribution in [3.05, 3.63) is 71.5 Å². The lowest BCUT2D eigenvalue weighted by molar-refractivity contribution is -0.140. The Morgan fingerprint density at radius 1 is 1.04 bits per heavy atom. The summed E-state index contributed by atoms with van der Waals surface area (Å²) >= 11 is 0. The van der Waals surface area contributed by atoms with Crippen molar-refractivity contribution in [2.24, 2.45) is 0 Å². The summed E-state index contributed by atoms with van der Waals surface area (Å²) in [7, 11) is 0. The van der Waals surface area contributed by atoms with Crippen molar-refractivity contribution in [2.75, 3.05) is 6.54 Å². The van der Waals surface area contributed by atoms with Gasteiger partial charge in [-0.05, 0) is 36.6 Å². The van der Waals surface area contributed by atoms with Gasteiger partial charge < -0.3 is 10.2 Å². The Morgan fingerprint density at radius 3 is 2.31 bits per heavy atom. The smallest absolute Gasteiger partial charge is 0.242 e. The first-order valence-electron chi connectivity index (χ1n) is 8.86. The van der Waals surface area contributed by atoms with Gasteiger partial charge in [0, 0.05) is 13.1 Å². The Balaban J connectivity index is 2.16. The average molecular weight is 356 g/mol. The normalized spacial score (nSPS) is 11.7. The van der Waals surface area contributed by atoms with Gasteiger partial charge in [0.25, 0.3) is 0 Å². The predicted octanol–water partition coefficient (Wildman–Crippen LogP) is 3.31. The van der Waals surface area contributed by atoms with Gasteiger partial charge in [0.15, 0.2) is 0 Å². The van der Waals surface area contributed by atoms with Crippen molar-refractivity contribution in [3.63, 3.8) is 0 Å². The number of carbonyl (C=O) groups excluding carboxylic acids is 2. The second-order valence-electron chi connectivity index (χ2n) is 6.28. The zero-order valence-corrected chi connectivity index (χ0v) is 15.2. The minimum atomic E-state index is -0.588. The van der Waals surface area contributed by atoms with Gasteiger partial charge in [-0.25, -0.2) is 4.39 Å². The molecule has 26 heavy (non-hydrogen) atoms. The largest absolute Gasteiger partial charge is 0.354 e. The molecule has 0 bridgehead atoms. The molecule has 5 heteroatoms. The molecule has 0 fully saturated rings. The van der Waals surface area contributed by atoms with Crippen molar-refractivity contribution in [2.45, 2.75) is 39.3 Å². The second kappa shape index (κ2) is 9.70. The fourth-order valence-corrected chi connectivity index (χ4v) is 2.64. The summed E-state index contributed by atoms with van der Waals surface area (Å²) in [6.45, 7) is 4.64. The summed E-state index contributed by atoms with van der Waals surface area (Å²) < 4.78 is 13.1. The van der Waals surface area contributed by atoms with E-state index in [0.29, 0.717) is 13.1 Å². The highest BCUT2D eigenvalue weighted by Crippen LogP contribution is 2.13. The Hall–Kier alpha value is -2.69. The number of nitrogens with zero attached hydrogens (tertiary/aromatic N) is 1. The number of rotatable bonds is 8. The van der Waals surface area contributed by atoms with E-state index in [9.17, 15) is 14.0 Å². The van der Waals surface area contributed by atoms with E-state index in [-0.39, 0.29) is 24.1 Å². The zero-order chi connectivity index (χ0) is 18.9. The standard InChI is InChI=1S/C21H25FN2O2/c1-3-13-23-21(26)16(2)24(15-18-7-5-4-6-8-18)20(25)14-17-9-11-19(22)12-10-17/h4-12,16H,3,13-15H2,1-2H3,(H,23,26)/t16-/m0/s1. The number of amides is 2. The Kier molecular flexibility index (Phi) is 7.33. The fraction of sp³-hybridized carbons (Fsp3) is 0.333. The Labute approximate surface area is 154 Å². The topological polar surface area (TPSA) is 49.4 Å². The molecule has 0 aromatic heterocycles. The maximum absolute atomic E-state index is 13.1. The third kappa shape index (κ3) is 5.69. The lowest BCUT2D eigenvalue weighted by atomic mass is 10.1. The lowest BCUT2D eigenvalue weighted by Crippen LogP contribution is -2.48. The summed E-state index contributed by atoms with van der Waals surface area (Å²) in [4.78, 5) is 26.8. The summed E-state index contributed by atoms with van der Waals surface area (Å²) in [5.74, 6) is -0.676. The first kappa shape index (κ1) is 19.6. The van der Waals surface area contributed by atoms with Crippen molar-refractivity contribution >= 4 is 11.8 Å². The monoisotopic (exact) mass is 356 g/mol. The fourth-order valence-electron chi connectivity index (χ4n) is 2.64. The number of benzene rings is 2. The molecular formula is C21H25FN2O2. The number of carbonyl (C=O) groups is 2. The van der Waals surface area contributed by atoms with Gasteiger partial charge in [-0.2, -0.15) is 0 Å². The highest BCUT2D eigenvalue weighted by Gasteiger charge is 2.25. The highest BCUT2D eigenvalue weighted by molar-refractivity contribution is 5.88. The number of hydrogen-bond donors (Lipinski definition) is 1. The van der Waals surface area contributed by atoms with Gasteiger partial charge in [0.2, 0.25) is 11.8 Å². The Bertz CT molecular complexity index is 717. The van der Waals surface area contributed by atoms with Crippen molar-refractivity contribution in [1.82, 2.24) is 10.2 Å². The Morgan fingerprint density at radius 2 is 1.69 bits per heavy atom. The van der Waals surface area contributed by atoms with Crippen LogP contribution in [0.1, 0.15) is 31.4 Å². The predicted molar refractivity (Wildman–Crippen MR) is 99.9 cm³/mol. The van der Waals surface area contributed by atoms with E-state index in [1.165, 1.54) is 12.1 Å². The zero-order valence-electron chi connectivity index (χ0n) is 15.2. The van der Waals surface area contributed by atoms with Crippen LogP contribution in [-0.2, 0) is 22.6 Å². The molecule has 2 aromatic carbocycles. The van der Waals surface area contributed by atoms with Gasteiger partial charge in [0.05, 0.1) is 6.42 Å². The molecule has 0 aliphatic heterocycles. The number of nitrogens with one attached hydrogen (secondary N) is 1. The summed E-state index contributed by atoms with van der Waals surface area (Å²) in [6.07, 6.45) is 0.958. The molecule has 138 valence electrons. The third-order valence-corrected chi connectivity index (χ3v) is 4.18. The molecule has 2 rings (SSSR count). The molecule has 0 spiro atoms. The molecule has 0 heterocycles. The van der Waals surface area contributed by atoms with Crippen LogP contribution in [0.3, 0.4) is 0 Å². The van der Waals surface area contributed by atoms with E-state index in [2.05, 4.69) is 5.32 Å². The van der Waals surface area contributed by atoms with Crippen LogP contribution in [0.2, 0.25) is 0 Å². The lowest BCUT2D eigenvalue weighted by Gasteiger charge is -2.29. The average Bonchev–Trinajstić information content (AvgIpc) is 2.66. The van der Waals surface area contributed by atoms with Gasteiger partial charge in [-0.15, -0.1) is 0 Å². The summed E-state index contributed by atoms with van der Waals surface area (Å²) in [6, 6.07) is 14.8. The van der Waals surface area contributed by atoms with Crippen LogP contribution < -0.4 is 5.32 Å². The molecule has 1 atom stereocenters. The molecule has 1 N–H and O–H groups in total. The van der Waals surface area contributed by atoms with Gasteiger partial charge >= 0.3 is 0 Å². The molecular weight excluding hydrogens is 331 g/mol. The molecule has 0 unspecified atom stereocenters. The van der Waals surface area contributed by atoms with Crippen LogP contribution in [0.25, 0.3) is 0 Å². The molecule has 4 nitrogen and oxygen atoms in total. The summed E-state index contributed by atoms with van der Waals surface area (Å²) in [5.41, 5.74) is 1.67. The van der Waals surface area contributed by atoms with E-state index in [4.69, 9.17) is 0 Å². The minimum Gasteiger partial charge on any atom is -0.354 e. The van der Waals surface area contributed by atoms with Gasteiger partial charge in [0.1, 0.15) is 11.9 Å². The van der Waals surface area contributed by atoms with E-state index < -0.39 is 6.04 Å². The van der Waals surface area contributed by atoms with Crippen molar-refractivity contribution in [1.29, 1.82) is 0 Å². The van der Waals surface area contributed by atoms with Crippen LogP contribution in [0.15, 0.2) is 54.6 Å². The third-order valence-electron chi connectivity index (χ3n) is 4.18. The van der Waals surface area contributed by atoms with E-state index in [0.717, 1.165) is 17.5 Å². The molecule has 0 aliphatic rings. The van der Waals surface area contributed by atoms with Gasteiger partial charge in [-0.1, -0.05) is 49.4 Å². The van der Waals surface area contributed by atoms with E-state index in [1.54, 1.807) is 24.0 Å². The first-order valence-corrected chi connectivity index (χ1v) is 8.86. The highest BCUT2D eigenvalue weighted by atomic mass is 19.1. The van der Waals surface area contributed by atoms with Crippen LogP contribution in [0, 0.1) is 5.82 Å². The molecule has 0 saturated heterocycles. The van der Waals surface area contributed by atoms with Crippen molar-refractivity contribution < 1.29 is 14.0 Å². The molecule has 0 aliphatic carbocycles. The number of hydrogen-bond acceptors (Lipinski definition) is 2. The summed E-state index contributed by atoms with van der Waals surface area (Å²) in [5, 5.41) is 2.84. The maximum atomic E-state index is 13.1. The van der Waals surface area contributed by atoms with E-state index >= 15 is 0 Å². The quantitative estimate of drug-likeness (QED) is 0.789. The van der Waals surface area contributed by atoms with Crippen LogP contribution >= 0.6 is 0 Å². The molecule has 2 aromatic rings. The van der Waals surface area contributed by atoms with Crippen LogP contribution in [-0.4, -0.2) is 29.3 Å². The van der Waals surface area contributed by atoms with Crippen LogP contribution in [0.4, 0.5) is 4.39 Å². The maximum Gasteiger partial charge on any atom is 0.242 e. The first-order chi connectivity index (χ1) is 12.5. The molecule has 2 amide bonds. The SMILES string of the molecule is CCCNC(=O)[C@H](C)N(Cc1ccccc1)C(=O)Cc1ccc(F)cc1. The second-order valence-corrected chi connectivity index (χ2v) is 6.28. The van der Waals surface area contributed by atoms with E-state index in [1.807, 2.05) is 37.3 Å². The molecule has 0 saturated carbocycles. The van der Waals surface area contributed by atoms with Crippen LogP contribution in [0.5, 0.6) is 0 Å². The number of halogens is 1. The minimum absolute atomic E-state index is 0.124. The van der Waals surface area contributed by atoms with Crippen molar-refractivity contribution in [3.8, 4) is 0 Å².